The molecule has 1 amide bonds. The van der Waals surface area contributed by atoms with Gasteiger partial charge in [0.15, 0.2) is 0 Å². The van der Waals surface area contributed by atoms with Gasteiger partial charge in [0.25, 0.3) is 0 Å². The Bertz CT molecular complexity index is 590. The topological polar surface area (TPSA) is 72.7 Å². The molecule has 5 fully saturated rings. The largest absolute Gasteiger partial charge is 0.350 e. The Morgan fingerprint density at radius 2 is 1.83 bits per heavy atom. The zero-order chi connectivity index (χ0) is 15.4. The number of carbonyl (C=O) groups is 1. The summed E-state index contributed by atoms with van der Waals surface area (Å²) in [5.41, 5.74) is 0.106. The van der Waals surface area contributed by atoms with Gasteiger partial charge in [-0.2, -0.15) is 0 Å². The van der Waals surface area contributed by atoms with Crippen LogP contribution in [0, 0.1) is 17.8 Å². The summed E-state index contributed by atoms with van der Waals surface area (Å²) in [6.07, 6.45) is 10.1. The Hall–Kier alpha value is -1.11. The first-order valence-corrected chi connectivity index (χ1v) is 9.89. The van der Waals surface area contributed by atoms with Crippen molar-refractivity contribution < 1.29 is 4.79 Å². The second-order valence-corrected chi connectivity index (χ2v) is 9.11. The molecule has 5 aliphatic rings. The number of aromatic nitrogens is 4. The molecular weight excluding hydrogens is 310 g/mol. The van der Waals surface area contributed by atoms with E-state index < -0.39 is 0 Å². The molecule has 23 heavy (non-hydrogen) atoms. The van der Waals surface area contributed by atoms with Gasteiger partial charge in [0, 0.05) is 5.54 Å². The van der Waals surface area contributed by atoms with Gasteiger partial charge in [-0.05, 0) is 79.5 Å². The second-order valence-electron chi connectivity index (χ2n) is 8.17. The number of carbonyl (C=O) groups excluding carboxylic acids is 1. The summed E-state index contributed by atoms with van der Waals surface area (Å²) in [4.78, 5) is 12.5. The zero-order valence-corrected chi connectivity index (χ0v) is 14.1. The van der Waals surface area contributed by atoms with Crippen LogP contribution in [0.4, 0.5) is 0 Å². The van der Waals surface area contributed by atoms with E-state index >= 15 is 0 Å². The summed E-state index contributed by atoms with van der Waals surface area (Å²) >= 11 is 1.47. The fraction of sp³-hybridized carbons (Fsp3) is 0.875. The molecule has 6 rings (SSSR count). The number of hydrogen-bond acceptors (Lipinski definition) is 5. The van der Waals surface area contributed by atoms with Crippen LogP contribution >= 0.6 is 11.8 Å². The normalized spacial score (nSPS) is 38.0. The quantitative estimate of drug-likeness (QED) is 0.836. The number of nitrogens with one attached hydrogen (secondary N) is 1. The first kappa shape index (κ1) is 14.3. The predicted molar refractivity (Wildman–Crippen MR) is 85.9 cm³/mol. The fourth-order valence-corrected chi connectivity index (χ4v) is 6.30. The predicted octanol–water partition coefficient (Wildman–Crippen LogP) is 2.19. The standard InChI is InChI=1S/C16H23N5OS/c22-14(9-23-15-18-19-20-21(15)13-1-2-13)17-16-6-10-3-11(7-16)5-12(4-10)8-16/h10-13H,1-9H2,(H,17,22). The van der Waals surface area contributed by atoms with E-state index in [-0.39, 0.29) is 11.4 Å². The minimum atomic E-state index is 0.106. The van der Waals surface area contributed by atoms with Gasteiger partial charge < -0.3 is 5.32 Å². The molecule has 0 aliphatic heterocycles. The molecule has 0 aromatic carbocycles. The maximum atomic E-state index is 12.5. The summed E-state index contributed by atoms with van der Waals surface area (Å²) in [7, 11) is 0. The maximum absolute atomic E-state index is 12.5. The maximum Gasteiger partial charge on any atom is 0.230 e. The highest BCUT2D eigenvalue weighted by molar-refractivity contribution is 7.99. The number of amides is 1. The lowest BCUT2D eigenvalue weighted by atomic mass is 9.53. The van der Waals surface area contributed by atoms with Gasteiger partial charge in [0.05, 0.1) is 11.8 Å². The first-order chi connectivity index (χ1) is 11.2. The van der Waals surface area contributed by atoms with Gasteiger partial charge in [-0.25, -0.2) is 4.68 Å². The molecule has 0 radical (unpaired) electrons. The fourth-order valence-electron chi connectivity index (χ4n) is 5.55. The summed E-state index contributed by atoms with van der Waals surface area (Å²) in [5, 5.41) is 16.1. The minimum absolute atomic E-state index is 0.106. The van der Waals surface area contributed by atoms with Gasteiger partial charge in [-0.15, -0.1) is 5.10 Å². The summed E-state index contributed by atoms with van der Waals surface area (Å²) in [5.74, 6) is 3.15. The molecule has 5 aliphatic carbocycles. The van der Waals surface area contributed by atoms with E-state index in [9.17, 15) is 4.79 Å². The van der Waals surface area contributed by atoms with Crippen molar-refractivity contribution in [2.75, 3.05) is 5.75 Å². The van der Waals surface area contributed by atoms with Crippen LogP contribution in [0.5, 0.6) is 0 Å². The molecular formula is C16H23N5OS. The van der Waals surface area contributed by atoms with Crippen LogP contribution in [0.15, 0.2) is 5.16 Å². The van der Waals surface area contributed by atoms with Crippen molar-refractivity contribution in [2.24, 2.45) is 17.8 Å². The highest BCUT2D eigenvalue weighted by atomic mass is 32.2. The third-order valence-corrected chi connectivity index (χ3v) is 7.06. The van der Waals surface area contributed by atoms with Crippen molar-refractivity contribution in [3.63, 3.8) is 0 Å². The molecule has 1 N–H and O–H groups in total. The molecule has 1 aromatic rings. The third-order valence-electron chi connectivity index (χ3n) is 6.13. The first-order valence-electron chi connectivity index (χ1n) is 8.91. The summed E-state index contributed by atoms with van der Waals surface area (Å²) < 4.78 is 1.88. The summed E-state index contributed by atoms with van der Waals surface area (Å²) in [6.45, 7) is 0. The average molecular weight is 333 g/mol. The molecule has 0 atom stereocenters. The van der Waals surface area contributed by atoms with Crippen molar-refractivity contribution >= 4 is 17.7 Å². The van der Waals surface area contributed by atoms with Crippen molar-refractivity contribution in [3.8, 4) is 0 Å². The monoisotopic (exact) mass is 333 g/mol. The number of nitrogens with zero attached hydrogens (tertiary/aromatic N) is 4. The molecule has 124 valence electrons. The van der Waals surface area contributed by atoms with Crippen LogP contribution in [0.3, 0.4) is 0 Å². The van der Waals surface area contributed by atoms with Gasteiger partial charge in [0.1, 0.15) is 0 Å². The SMILES string of the molecule is O=C(CSc1nnnn1C1CC1)NC12CC3CC(CC(C3)C1)C2. The van der Waals surface area contributed by atoms with E-state index in [4.69, 9.17) is 0 Å². The number of tetrazole rings is 1. The van der Waals surface area contributed by atoms with Crippen LogP contribution in [0.25, 0.3) is 0 Å². The Morgan fingerprint density at radius 1 is 1.17 bits per heavy atom. The van der Waals surface area contributed by atoms with Gasteiger partial charge in [-0.1, -0.05) is 11.8 Å². The van der Waals surface area contributed by atoms with E-state index in [0.717, 1.165) is 35.8 Å². The van der Waals surface area contributed by atoms with Crippen LogP contribution in [-0.2, 0) is 4.79 Å². The van der Waals surface area contributed by atoms with E-state index in [1.165, 1.54) is 50.3 Å². The van der Waals surface area contributed by atoms with Gasteiger partial charge in [0.2, 0.25) is 11.1 Å². The van der Waals surface area contributed by atoms with Gasteiger partial charge in [-0.3, -0.25) is 4.79 Å². The van der Waals surface area contributed by atoms with E-state index in [0.29, 0.717) is 11.8 Å². The molecule has 0 saturated heterocycles. The second kappa shape index (κ2) is 5.19. The molecule has 1 heterocycles. The van der Waals surface area contributed by atoms with Crippen LogP contribution in [0.1, 0.15) is 57.4 Å². The molecule has 4 bridgehead atoms. The van der Waals surface area contributed by atoms with E-state index in [1.54, 1.807) is 0 Å². The summed E-state index contributed by atoms with van der Waals surface area (Å²) in [6, 6.07) is 0.457. The molecule has 7 heteroatoms. The minimum Gasteiger partial charge on any atom is -0.350 e. The Kier molecular flexibility index (Phi) is 3.22. The number of thioether (sulfide) groups is 1. The van der Waals surface area contributed by atoms with Crippen molar-refractivity contribution in [3.05, 3.63) is 0 Å². The highest BCUT2D eigenvalue weighted by Gasteiger charge is 2.51. The number of hydrogen-bond donors (Lipinski definition) is 1. The lowest BCUT2D eigenvalue weighted by Gasteiger charge is -2.56. The Balaban J connectivity index is 1.21. The van der Waals surface area contributed by atoms with E-state index in [1.807, 2.05) is 4.68 Å². The number of rotatable bonds is 5. The van der Waals surface area contributed by atoms with Gasteiger partial charge >= 0.3 is 0 Å². The zero-order valence-electron chi connectivity index (χ0n) is 13.3. The molecule has 5 saturated carbocycles. The van der Waals surface area contributed by atoms with Crippen molar-refractivity contribution in [1.29, 1.82) is 0 Å². The van der Waals surface area contributed by atoms with Crippen LogP contribution in [0.2, 0.25) is 0 Å². The molecule has 0 unspecified atom stereocenters. The highest BCUT2D eigenvalue weighted by Crippen LogP contribution is 2.55. The molecule has 6 nitrogen and oxygen atoms in total. The van der Waals surface area contributed by atoms with Crippen molar-refractivity contribution in [1.82, 2.24) is 25.5 Å². The molecule has 1 aromatic heterocycles. The lowest BCUT2D eigenvalue weighted by Crippen LogP contribution is -2.60. The van der Waals surface area contributed by atoms with Crippen LogP contribution in [-0.4, -0.2) is 37.4 Å². The molecule has 0 spiro atoms. The van der Waals surface area contributed by atoms with E-state index in [2.05, 4.69) is 20.8 Å². The lowest BCUT2D eigenvalue weighted by molar-refractivity contribution is -0.124. The van der Waals surface area contributed by atoms with Crippen LogP contribution < -0.4 is 5.32 Å². The smallest absolute Gasteiger partial charge is 0.230 e. The Labute approximate surface area is 140 Å². The Morgan fingerprint density at radius 3 is 2.43 bits per heavy atom. The average Bonchev–Trinajstić information content (AvgIpc) is 3.22. The third kappa shape index (κ3) is 2.66. The van der Waals surface area contributed by atoms with Crippen molar-refractivity contribution in [2.45, 2.75) is 68.1 Å².